The molecule has 4 aromatic rings. The second kappa shape index (κ2) is 9.00. The van der Waals surface area contributed by atoms with Crippen LogP contribution >= 0.6 is 28.6 Å². The summed E-state index contributed by atoms with van der Waals surface area (Å²) in [6, 6.07) is 6.34. The summed E-state index contributed by atoms with van der Waals surface area (Å²) < 4.78 is 20.2. The highest BCUT2D eigenvalue weighted by Crippen LogP contribution is 2.58. The average molecular weight is 567 g/mol. The predicted molar refractivity (Wildman–Crippen MR) is 144 cm³/mol. The van der Waals surface area contributed by atoms with E-state index in [1.807, 2.05) is 13.0 Å². The Kier molecular flexibility index (Phi) is 5.92. The zero-order valence-corrected chi connectivity index (χ0v) is 22.3. The van der Waals surface area contributed by atoms with Crippen molar-refractivity contribution in [1.82, 2.24) is 19.1 Å². The number of fused-ring (bicyclic) bond motifs is 4. The third-order valence-corrected chi connectivity index (χ3v) is 9.32. The minimum absolute atomic E-state index is 0.162. The molecule has 3 aliphatic rings. The Hall–Kier alpha value is -2.70. The van der Waals surface area contributed by atoms with Crippen LogP contribution in [0.3, 0.4) is 0 Å². The predicted octanol–water partition coefficient (Wildman–Crippen LogP) is 6.11. The summed E-state index contributed by atoms with van der Waals surface area (Å²) in [6.45, 7) is 2.03. The van der Waals surface area contributed by atoms with Crippen molar-refractivity contribution in [2.24, 2.45) is 11.8 Å². The van der Waals surface area contributed by atoms with Gasteiger partial charge in [0.2, 0.25) is 0 Å². The Morgan fingerprint density at radius 2 is 2.08 bits per heavy atom. The highest BCUT2D eigenvalue weighted by Gasteiger charge is 2.49. The van der Waals surface area contributed by atoms with Crippen LogP contribution in [0.25, 0.3) is 21.8 Å². The molecule has 3 aliphatic carbocycles. The van der Waals surface area contributed by atoms with E-state index in [0.717, 1.165) is 33.2 Å². The second-order valence-electron chi connectivity index (χ2n) is 9.96. The minimum atomic E-state index is -0.408. The van der Waals surface area contributed by atoms with Gasteiger partial charge in [0.05, 0.1) is 34.0 Å². The van der Waals surface area contributed by atoms with Gasteiger partial charge in [0.15, 0.2) is 5.82 Å². The number of nitrogens with zero attached hydrogens (tertiary/aromatic N) is 5. The Morgan fingerprint density at radius 3 is 2.75 bits per heavy atom. The normalized spacial score (nSPS) is 21.6. The lowest BCUT2D eigenvalue weighted by atomic mass is 9.78. The molecule has 1 unspecified atom stereocenters. The van der Waals surface area contributed by atoms with Crippen LogP contribution in [0.4, 0.5) is 4.39 Å². The Labute approximate surface area is 221 Å². The third kappa shape index (κ3) is 3.45. The van der Waals surface area contributed by atoms with Gasteiger partial charge < -0.3 is 9.13 Å². The summed E-state index contributed by atoms with van der Waals surface area (Å²) in [7, 11) is 0. The lowest BCUT2D eigenvalue weighted by molar-refractivity contribution is 0.164. The topological polar surface area (TPSA) is 76.5 Å². The summed E-state index contributed by atoms with van der Waals surface area (Å²) in [5.74, 6) is 1.11. The molecule has 3 aromatic heterocycles. The van der Waals surface area contributed by atoms with E-state index in [4.69, 9.17) is 10.2 Å². The molecular formula is C27H25BrFN5OS. The van der Waals surface area contributed by atoms with Crippen molar-refractivity contribution in [3.63, 3.8) is 0 Å². The van der Waals surface area contributed by atoms with Crippen molar-refractivity contribution in [3.8, 4) is 6.07 Å². The fourth-order valence-corrected chi connectivity index (χ4v) is 7.17. The van der Waals surface area contributed by atoms with Crippen molar-refractivity contribution in [2.45, 2.75) is 56.9 Å². The fourth-order valence-electron chi connectivity index (χ4n) is 6.43. The van der Waals surface area contributed by atoms with Gasteiger partial charge in [-0.1, -0.05) is 0 Å². The highest BCUT2D eigenvalue weighted by molar-refractivity contribution is 9.10. The molecule has 2 bridgehead atoms. The molecule has 3 heterocycles. The molecule has 0 saturated heterocycles. The molecule has 0 amide bonds. The largest absolute Gasteiger partial charge is 0.338 e. The molecule has 9 heteroatoms. The number of aromatic nitrogens is 4. The first-order valence-corrected chi connectivity index (χ1v) is 13.7. The molecular weight excluding hydrogens is 541 g/mol. The SMILES string of the molecule is C[C@H](c1cc2c(CS)nc3c(F)c(Br)c(CCC#N)cc3c2n1C1[C@@H]2CC[C@H]1C2)n1ccncc1=O. The molecule has 3 fully saturated rings. The van der Waals surface area contributed by atoms with Gasteiger partial charge in [0.25, 0.3) is 5.56 Å². The van der Waals surface area contributed by atoms with Gasteiger partial charge in [-0.3, -0.25) is 9.78 Å². The maximum atomic E-state index is 15.7. The van der Waals surface area contributed by atoms with Gasteiger partial charge in [-0.05, 0) is 78.1 Å². The number of aryl methyl sites for hydroxylation is 1. The Balaban J connectivity index is 1.71. The lowest BCUT2D eigenvalue weighted by Gasteiger charge is -2.39. The van der Waals surface area contributed by atoms with Gasteiger partial charge in [0.1, 0.15) is 5.52 Å². The molecule has 36 heavy (non-hydrogen) atoms. The summed E-state index contributed by atoms with van der Waals surface area (Å²) in [6.07, 6.45) is 9.02. The van der Waals surface area contributed by atoms with Gasteiger partial charge in [-0.2, -0.15) is 17.9 Å². The van der Waals surface area contributed by atoms with Gasteiger partial charge in [-0.25, -0.2) is 9.37 Å². The van der Waals surface area contributed by atoms with Gasteiger partial charge in [-0.15, -0.1) is 0 Å². The molecule has 4 atom stereocenters. The van der Waals surface area contributed by atoms with E-state index in [1.54, 1.807) is 17.0 Å². The van der Waals surface area contributed by atoms with Crippen molar-refractivity contribution in [1.29, 1.82) is 5.26 Å². The van der Waals surface area contributed by atoms with Crippen LogP contribution in [0, 0.1) is 29.0 Å². The summed E-state index contributed by atoms with van der Waals surface area (Å²) in [5.41, 5.74) is 3.60. The Bertz CT molecular complexity index is 1610. The van der Waals surface area contributed by atoms with Crippen LogP contribution in [-0.4, -0.2) is 19.1 Å². The van der Waals surface area contributed by atoms with Crippen LogP contribution in [0.2, 0.25) is 0 Å². The van der Waals surface area contributed by atoms with Crippen LogP contribution in [0.1, 0.15) is 61.6 Å². The second-order valence-corrected chi connectivity index (χ2v) is 11.1. The number of hydrogen-bond donors (Lipinski definition) is 1. The van der Waals surface area contributed by atoms with E-state index < -0.39 is 5.82 Å². The lowest BCUT2D eigenvalue weighted by Crippen LogP contribution is -2.33. The quantitative estimate of drug-likeness (QED) is 0.286. The van der Waals surface area contributed by atoms with Crippen molar-refractivity contribution in [3.05, 3.63) is 68.3 Å². The number of hydrogen-bond acceptors (Lipinski definition) is 5. The Morgan fingerprint density at radius 1 is 1.31 bits per heavy atom. The first-order chi connectivity index (χ1) is 17.4. The van der Waals surface area contributed by atoms with Crippen molar-refractivity contribution >= 4 is 50.4 Å². The average Bonchev–Trinajstić information content (AvgIpc) is 3.61. The van der Waals surface area contributed by atoms with E-state index in [0.29, 0.717) is 46.5 Å². The monoisotopic (exact) mass is 565 g/mol. The first kappa shape index (κ1) is 23.7. The highest BCUT2D eigenvalue weighted by atomic mass is 79.9. The number of pyridine rings is 1. The molecule has 0 N–H and O–H groups in total. The molecule has 184 valence electrons. The number of benzene rings is 1. The van der Waals surface area contributed by atoms with Crippen molar-refractivity contribution < 1.29 is 4.39 Å². The summed E-state index contributed by atoms with van der Waals surface area (Å²) in [5, 5.41) is 10.8. The van der Waals surface area contributed by atoms with Crippen LogP contribution < -0.4 is 5.56 Å². The van der Waals surface area contributed by atoms with Gasteiger partial charge in [0, 0.05) is 47.1 Å². The summed E-state index contributed by atoms with van der Waals surface area (Å²) >= 11 is 7.97. The molecule has 6 nitrogen and oxygen atoms in total. The molecule has 0 radical (unpaired) electrons. The minimum Gasteiger partial charge on any atom is -0.338 e. The number of nitriles is 1. The first-order valence-electron chi connectivity index (χ1n) is 12.3. The maximum absolute atomic E-state index is 15.7. The van der Waals surface area contributed by atoms with E-state index in [2.05, 4.69) is 50.2 Å². The van der Waals surface area contributed by atoms with Crippen molar-refractivity contribution in [2.75, 3.05) is 0 Å². The van der Waals surface area contributed by atoms with E-state index in [-0.39, 0.29) is 11.6 Å². The molecule has 3 saturated carbocycles. The maximum Gasteiger partial charge on any atom is 0.269 e. The smallest absolute Gasteiger partial charge is 0.269 e. The third-order valence-electron chi connectivity index (χ3n) is 8.17. The van der Waals surface area contributed by atoms with Crippen LogP contribution in [-0.2, 0) is 12.2 Å². The number of thiol groups is 1. The van der Waals surface area contributed by atoms with Crippen LogP contribution in [0.15, 0.2) is 40.0 Å². The van der Waals surface area contributed by atoms with E-state index in [9.17, 15) is 4.79 Å². The number of rotatable bonds is 6. The standard InChI is InChI=1S/C27H25BrFN5OS/c1-14(33-8-7-31-12-22(33)35)21-11-18-20(13-36)32-25-19(10-15(3-2-6-30)23(28)24(25)29)27(18)34(21)26-16-4-5-17(26)9-16/h7-8,10-12,14,16-17,26,36H,2-5,9,13H2,1H3/t14-,16-,17+,26?/m1/s1. The van der Waals surface area contributed by atoms with E-state index >= 15 is 4.39 Å². The molecule has 7 rings (SSSR count). The number of halogens is 2. The molecule has 1 aromatic carbocycles. The molecule has 0 spiro atoms. The van der Waals surface area contributed by atoms with Gasteiger partial charge >= 0.3 is 0 Å². The zero-order chi connectivity index (χ0) is 25.1. The summed E-state index contributed by atoms with van der Waals surface area (Å²) in [4.78, 5) is 21.4. The van der Waals surface area contributed by atoms with E-state index in [1.165, 1.54) is 25.5 Å². The fraction of sp³-hybridized carbons (Fsp3) is 0.407. The molecule has 0 aliphatic heterocycles. The zero-order valence-electron chi connectivity index (χ0n) is 19.8. The van der Waals surface area contributed by atoms with Crippen LogP contribution in [0.5, 0.6) is 0 Å².